The predicted molar refractivity (Wildman–Crippen MR) is 104 cm³/mol. The molecule has 7 heteroatoms. The molecule has 0 radical (unpaired) electrons. The summed E-state index contributed by atoms with van der Waals surface area (Å²) >= 11 is 0. The van der Waals surface area contributed by atoms with E-state index in [4.69, 9.17) is 4.74 Å². The number of rotatable bonds is 5. The average molecular weight is 383 g/mol. The Balaban J connectivity index is 1.88. The summed E-state index contributed by atoms with van der Waals surface area (Å²) in [7, 11) is 0. The molecule has 28 heavy (non-hydrogen) atoms. The maximum atomic E-state index is 12.2. The summed E-state index contributed by atoms with van der Waals surface area (Å²) in [5, 5.41) is 14.1. The molecule has 0 aliphatic heterocycles. The molecule has 1 fully saturated rings. The number of hydrogen-bond acceptors (Lipinski definition) is 5. The molecule has 1 aromatic carbocycles. The topological polar surface area (TPSA) is 108 Å². The van der Waals surface area contributed by atoms with Crippen molar-refractivity contribution in [1.29, 1.82) is 5.26 Å². The maximum absolute atomic E-state index is 12.2. The number of imide groups is 1. The summed E-state index contributed by atoms with van der Waals surface area (Å²) in [5.41, 5.74) is 1.49. The molecule has 1 aliphatic rings. The van der Waals surface area contributed by atoms with E-state index in [1.54, 1.807) is 18.2 Å². The first-order valence-electron chi connectivity index (χ1n) is 9.40. The molecule has 0 bridgehead atoms. The molecular weight excluding hydrogens is 358 g/mol. The molecule has 148 valence electrons. The number of nitrogens with one attached hydrogen (secondary N) is 2. The highest BCUT2D eigenvalue weighted by molar-refractivity contribution is 6.01. The molecule has 0 unspecified atom stereocenters. The average Bonchev–Trinajstić information content (AvgIpc) is 2.68. The van der Waals surface area contributed by atoms with Gasteiger partial charge in [0.2, 0.25) is 0 Å². The highest BCUT2D eigenvalue weighted by Crippen LogP contribution is 2.17. The van der Waals surface area contributed by atoms with Gasteiger partial charge in [-0.15, -0.1) is 0 Å². The molecule has 0 spiro atoms. The number of hydrogen-bond donors (Lipinski definition) is 2. The Morgan fingerprint density at radius 3 is 2.43 bits per heavy atom. The lowest BCUT2D eigenvalue weighted by Gasteiger charge is -2.23. The van der Waals surface area contributed by atoms with Crippen LogP contribution in [0.3, 0.4) is 0 Å². The van der Waals surface area contributed by atoms with Crippen LogP contribution in [-0.2, 0) is 14.3 Å². The molecule has 2 N–H and O–H groups in total. The van der Waals surface area contributed by atoms with Gasteiger partial charge in [-0.05, 0) is 38.3 Å². The van der Waals surface area contributed by atoms with Crippen LogP contribution >= 0.6 is 0 Å². The quantitative estimate of drug-likeness (QED) is 0.462. The first-order chi connectivity index (χ1) is 13.4. The number of aryl methyl sites for hydroxylation is 1. The van der Waals surface area contributed by atoms with Crippen molar-refractivity contribution >= 4 is 24.0 Å². The Hall–Kier alpha value is -3.14. The smallest absolute Gasteiger partial charge is 0.349 e. The first-order valence-corrected chi connectivity index (χ1v) is 9.40. The normalized spacial score (nSPS) is 15.8. The van der Waals surface area contributed by atoms with E-state index in [-0.39, 0.29) is 11.6 Å². The van der Waals surface area contributed by atoms with E-state index < -0.39 is 24.0 Å². The molecule has 0 heterocycles. The Morgan fingerprint density at radius 1 is 1.18 bits per heavy atom. The highest BCUT2D eigenvalue weighted by atomic mass is 16.5. The van der Waals surface area contributed by atoms with Gasteiger partial charge >= 0.3 is 12.0 Å². The maximum Gasteiger partial charge on any atom is 0.349 e. The highest BCUT2D eigenvalue weighted by Gasteiger charge is 2.23. The van der Waals surface area contributed by atoms with Gasteiger partial charge in [0, 0.05) is 6.04 Å². The molecular formula is C21H25N3O4. The molecule has 1 saturated carbocycles. The van der Waals surface area contributed by atoms with Gasteiger partial charge in [0.05, 0.1) is 0 Å². The molecule has 0 saturated heterocycles. The van der Waals surface area contributed by atoms with Crippen LogP contribution < -0.4 is 10.6 Å². The van der Waals surface area contributed by atoms with Gasteiger partial charge in [0.15, 0.2) is 6.10 Å². The van der Waals surface area contributed by atoms with E-state index in [2.05, 4.69) is 10.6 Å². The minimum Gasteiger partial charge on any atom is -0.448 e. The molecule has 7 nitrogen and oxygen atoms in total. The third-order valence-corrected chi connectivity index (χ3v) is 4.56. The zero-order valence-corrected chi connectivity index (χ0v) is 16.2. The van der Waals surface area contributed by atoms with Crippen LogP contribution in [0, 0.1) is 18.3 Å². The fourth-order valence-corrected chi connectivity index (χ4v) is 2.93. The summed E-state index contributed by atoms with van der Waals surface area (Å²) < 4.78 is 5.03. The SMILES string of the molecule is Cc1ccc(/C=C(\C#N)C(=O)O[C@@H](C)C(=O)NC(=O)NC2CCCCC2)cc1. The lowest BCUT2D eigenvalue weighted by Crippen LogP contribution is -2.48. The number of nitriles is 1. The van der Waals surface area contributed by atoms with Crippen molar-refractivity contribution < 1.29 is 19.1 Å². The van der Waals surface area contributed by atoms with Crippen LogP contribution in [0.5, 0.6) is 0 Å². The van der Waals surface area contributed by atoms with Crippen LogP contribution in [0.25, 0.3) is 6.08 Å². The minimum absolute atomic E-state index is 0.0574. The van der Waals surface area contributed by atoms with E-state index >= 15 is 0 Å². The molecule has 0 aromatic heterocycles. The van der Waals surface area contributed by atoms with Gasteiger partial charge in [-0.1, -0.05) is 49.1 Å². The van der Waals surface area contributed by atoms with Crippen LogP contribution in [0.15, 0.2) is 29.8 Å². The summed E-state index contributed by atoms with van der Waals surface area (Å²) in [6.07, 6.45) is 5.22. The number of urea groups is 1. The van der Waals surface area contributed by atoms with E-state index in [9.17, 15) is 19.6 Å². The summed E-state index contributed by atoms with van der Waals surface area (Å²) in [5.74, 6) is -1.66. The van der Waals surface area contributed by atoms with Crippen molar-refractivity contribution in [3.63, 3.8) is 0 Å². The van der Waals surface area contributed by atoms with Gasteiger partial charge in [-0.25, -0.2) is 9.59 Å². The van der Waals surface area contributed by atoms with Crippen LogP contribution in [0.2, 0.25) is 0 Å². The second-order valence-electron chi connectivity index (χ2n) is 6.93. The molecule has 3 amide bonds. The van der Waals surface area contributed by atoms with Gasteiger partial charge < -0.3 is 10.1 Å². The van der Waals surface area contributed by atoms with Crippen molar-refractivity contribution in [2.45, 2.75) is 58.1 Å². The molecule has 1 atom stereocenters. The number of nitrogens with zero attached hydrogens (tertiary/aromatic N) is 1. The number of esters is 1. The largest absolute Gasteiger partial charge is 0.448 e. The van der Waals surface area contributed by atoms with Crippen molar-refractivity contribution in [1.82, 2.24) is 10.6 Å². The first kappa shape index (κ1) is 21.2. The molecule has 1 aliphatic carbocycles. The van der Waals surface area contributed by atoms with Gasteiger partial charge in [0.25, 0.3) is 5.91 Å². The summed E-state index contributed by atoms with van der Waals surface area (Å²) in [6, 6.07) is 8.48. The summed E-state index contributed by atoms with van der Waals surface area (Å²) in [6.45, 7) is 3.28. The van der Waals surface area contributed by atoms with E-state index in [1.165, 1.54) is 13.0 Å². The van der Waals surface area contributed by atoms with Gasteiger partial charge in [0.1, 0.15) is 11.6 Å². The Bertz CT molecular complexity index is 787. The number of carbonyl (C=O) groups is 3. The number of ether oxygens (including phenoxy) is 1. The standard InChI is InChI=1S/C21H25N3O4/c1-14-8-10-16(11-9-14)12-17(13-22)20(26)28-15(2)19(25)24-21(27)23-18-6-4-3-5-7-18/h8-12,15,18H,3-7H2,1-2H3,(H2,23,24,25,27)/b17-12+/t15-/m0/s1. The van der Waals surface area contributed by atoms with E-state index in [1.807, 2.05) is 19.1 Å². The van der Waals surface area contributed by atoms with Crippen LogP contribution in [-0.4, -0.2) is 30.1 Å². The number of carbonyl (C=O) groups excluding carboxylic acids is 3. The fourth-order valence-electron chi connectivity index (χ4n) is 2.93. The molecule has 2 rings (SSSR count). The van der Waals surface area contributed by atoms with Gasteiger partial charge in [-0.3, -0.25) is 10.1 Å². The van der Waals surface area contributed by atoms with Crippen LogP contribution in [0.1, 0.15) is 50.2 Å². The zero-order chi connectivity index (χ0) is 20.5. The monoisotopic (exact) mass is 383 g/mol. The number of amides is 3. The third kappa shape index (κ3) is 6.54. The zero-order valence-electron chi connectivity index (χ0n) is 16.2. The van der Waals surface area contributed by atoms with Crippen molar-refractivity contribution in [3.05, 3.63) is 41.0 Å². The Labute approximate surface area is 164 Å². The van der Waals surface area contributed by atoms with Gasteiger partial charge in [-0.2, -0.15) is 5.26 Å². The van der Waals surface area contributed by atoms with Crippen molar-refractivity contribution in [3.8, 4) is 6.07 Å². The number of benzene rings is 1. The van der Waals surface area contributed by atoms with E-state index in [0.717, 1.165) is 37.7 Å². The van der Waals surface area contributed by atoms with Crippen molar-refractivity contribution in [2.75, 3.05) is 0 Å². The third-order valence-electron chi connectivity index (χ3n) is 4.56. The second kappa shape index (κ2) is 10.3. The Morgan fingerprint density at radius 2 is 1.82 bits per heavy atom. The Kier molecular flexibility index (Phi) is 7.76. The van der Waals surface area contributed by atoms with Crippen molar-refractivity contribution in [2.24, 2.45) is 0 Å². The molecule has 1 aromatic rings. The lowest BCUT2D eigenvalue weighted by atomic mass is 9.96. The lowest BCUT2D eigenvalue weighted by molar-refractivity contribution is -0.150. The predicted octanol–water partition coefficient (Wildman–Crippen LogP) is 2.99. The fraction of sp³-hybridized carbons (Fsp3) is 0.429. The van der Waals surface area contributed by atoms with E-state index in [0.29, 0.717) is 5.56 Å². The second-order valence-corrected chi connectivity index (χ2v) is 6.93. The van der Waals surface area contributed by atoms with Crippen LogP contribution in [0.4, 0.5) is 4.79 Å². The summed E-state index contributed by atoms with van der Waals surface area (Å²) in [4.78, 5) is 36.2. The minimum atomic E-state index is -1.21.